The summed E-state index contributed by atoms with van der Waals surface area (Å²) in [5, 5.41) is 0.932. The molecule has 0 unspecified atom stereocenters. The maximum Gasteiger partial charge on any atom is 0.363 e. The Morgan fingerprint density at radius 2 is 1.74 bits per heavy atom. The smallest absolute Gasteiger partial charge is 0.328 e. The van der Waals surface area contributed by atoms with Gasteiger partial charge in [0.05, 0.1) is 11.3 Å². The first-order chi connectivity index (χ1) is 8.99. The predicted molar refractivity (Wildman–Crippen MR) is 67.1 cm³/mol. The molecule has 2 rings (SSSR count). The third-order valence-electron chi connectivity index (χ3n) is 2.84. The van der Waals surface area contributed by atoms with Crippen LogP contribution < -0.4 is 0 Å². The zero-order valence-corrected chi connectivity index (χ0v) is 10.5. The molecular weight excluding hydrogens is 246 g/mol. The van der Waals surface area contributed by atoms with Gasteiger partial charge in [0.15, 0.2) is 5.78 Å². The van der Waals surface area contributed by atoms with Gasteiger partial charge in [0.25, 0.3) is 5.91 Å². The molecule has 5 nitrogen and oxygen atoms in total. The Morgan fingerprint density at radius 3 is 2.21 bits per heavy atom. The third-order valence-corrected chi connectivity index (χ3v) is 2.84. The number of amides is 1. The molecule has 0 aromatic heterocycles. The van der Waals surface area contributed by atoms with Crippen LogP contribution in [0.4, 0.5) is 0 Å². The van der Waals surface area contributed by atoms with Gasteiger partial charge >= 0.3 is 5.97 Å². The Kier molecular flexibility index (Phi) is 3.46. The molecule has 1 fully saturated rings. The van der Waals surface area contributed by atoms with Crippen LogP contribution in [0.1, 0.15) is 40.5 Å². The van der Waals surface area contributed by atoms with Crippen molar-refractivity contribution in [3.8, 4) is 0 Å². The van der Waals surface area contributed by atoms with E-state index in [1.165, 1.54) is 19.1 Å². The van der Waals surface area contributed by atoms with Crippen molar-refractivity contribution in [1.82, 2.24) is 5.06 Å². The Hall–Kier alpha value is -2.43. The fourth-order valence-electron chi connectivity index (χ4n) is 1.72. The molecule has 1 amide bonds. The topological polar surface area (TPSA) is 63.7 Å². The fraction of sp³-hybridized carbons (Fsp3) is 0.214. The minimum atomic E-state index is -0.647. The van der Waals surface area contributed by atoms with Gasteiger partial charge in [-0.25, -0.2) is 4.79 Å². The number of allylic oxidation sites excluding steroid dienone is 1. The van der Waals surface area contributed by atoms with Crippen LogP contribution in [-0.4, -0.2) is 22.7 Å². The quantitative estimate of drug-likeness (QED) is 0.780. The lowest BCUT2D eigenvalue weighted by molar-refractivity contribution is -0.153. The number of carbonyl (C=O) groups is 3. The molecule has 1 aliphatic rings. The van der Waals surface area contributed by atoms with E-state index in [-0.39, 0.29) is 17.3 Å². The van der Waals surface area contributed by atoms with Crippen molar-refractivity contribution in [2.75, 3.05) is 0 Å². The van der Waals surface area contributed by atoms with E-state index in [0.717, 1.165) is 5.06 Å². The summed E-state index contributed by atoms with van der Waals surface area (Å²) in [5.41, 5.74) is 1.26. The second-order valence-electron chi connectivity index (χ2n) is 4.27. The van der Waals surface area contributed by atoms with E-state index in [1.54, 1.807) is 12.1 Å². The Morgan fingerprint density at radius 1 is 1.16 bits per heavy atom. The highest BCUT2D eigenvalue weighted by Crippen LogP contribution is 2.21. The fourth-order valence-corrected chi connectivity index (χ4v) is 1.72. The molecule has 0 spiro atoms. The van der Waals surface area contributed by atoms with E-state index in [0.29, 0.717) is 24.1 Å². The zero-order chi connectivity index (χ0) is 14.0. The minimum absolute atomic E-state index is 0.0805. The summed E-state index contributed by atoms with van der Waals surface area (Å²) in [5.74, 6) is -1.01. The largest absolute Gasteiger partial charge is 0.363 e. The van der Waals surface area contributed by atoms with E-state index >= 15 is 0 Å². The summed E-state index contributed by atoms with van der Waals surface area (Å²) in [6.07, 6.45) is 0.796. The number of hydroxylamine groups is 2. The van der Waals surface area contributed by atoms with Gasteiger partial charge in [-0.3, -0.25) is 9.59 Å². The molecule has 0 N–H and O–H groups in total. The molecule has 1 aromatic rings. The van der Waals surface area contributed by atoms with Crippen LogP contribution in [0.3, 0.4) is 0 Å². The van der Waals surface area contributed by atoms with Gasteiger partial charge in [-0.1, -0.05) is 18.7 Å². The summed E-state index contributed by atoms with van der Waals surface area (Å²) in [7, 11) is 0. The van der Waals surface area contributed by atoms with Gasteiger partial charge in [0, 0.05) is 12.0 Å². The van der Waals surface area contributed by atoms with Crippen LogP contribution >= 0.6 is 0 Å². The Balaban J connectivity index is 2.09. The molecule has 0 bridgehead atoms. The highest BCUT2D eigenvalue weighted by molar-refractivity contribution is 5.96. The summed E-state index contributed by atoms with van der Waals surface area (Å²) in [6, 6.07) is 6.06. The molecule has 1 aliphatic heterocycles. The molecular formula is C14H13NO4. The minimum Gasteiger partial charge on any atom is -0.328 e. The van der Waals surface area contributed by atoms with Crippen LogP contribution in [0.2, 0.25) is 0 Å². The standard InChI is InChI=1S/C14H13NO4/c1-9-3-8-13(17)15(9)19-14(18)12-6-4-11(5-7-12)10(2)16/h4-7H,1,3,8H2,2H3. The molecule has 1 heterocycles. The van der Waals surface area contributed by atoms with Crippen molar-refractivity contribution in [3.05, 3.63) is 47.7 Å². The number of nitrogens with zero attached hydrogens (tertiary/aromatic N) is 1. The highest BCUT2D eigenvalue weighted by atomic mass is 16.7. The van der Waals surface area contributed by atoms with E-state index in [2.05, 4.69) is 6.58 Å². The second-order valence-corrected chi connectivity index (χ2v) is 4.27. The number of benzene rings is 1. The van der Waals surface area contributed by atoms with Gasteiger partial charge < -0.3 is 4.84 Å². The van der Waals surface area contributed by atoms with Crippen molar-refractivity contribution in [2.45, 2.75) is 19.8 Å². The van der Waals surface area contributed by atoms with Gasteiger partial charge in [-0.05, 0) is 25.5 Å². The van der Waals surface area contributed by atoms with Crippen LogP contribution in [0.25, 0.3) is 0 Å². The Labute approximate surface area is 110 Å². The number of carbonyl (C=O) groups excluding carboxylic acids is 3. The van der Waals surface area contributed by atoms with Crippen LogP contribution in [0.5, 0.6) is 0 Å². The molecule has 0 radical (unpaired) electrons. The highest BCUT2D eigenvalue weighted by Gasteiger charge is 2.28. The van der Waals surface area contributed by atoms with Crippen molar-refractivity contribution in [3.63, 3.8) is 0 Å². The average Bonchev–Trinajstić information content (AvgIpc) is 2.70. The van der Waals surface area contributed by atoms with Crippen LogP contribution in [0.15, 0.2) is 36.5 Å². The van der Waals surface area contributed by atoms with E-state index in [9.17, 15) is 14.4 Å². The second kappa shape index (κ2) is 5.06. The van der Waals surface area contributed by atoms with Gasteiger partial charge in [-0.15, -0.1) is 5.06 Å². The summed E-state index contributed by atoms with van der Waals surface area (Å²) >= 11 is 0. The van der Waals surface area contributed by atoms with Gasteiger partial charge in [0.2, 0.25) is 0 Å². The number of Topliss-reactive ketones (excluding diaryl/α,β-unsaturated/α-hetero) is 1. The van der Waals surface area contributed by atoms with E-state index in [4.69, 9.17) is 4.84 Å². The van der Waals surface area contributed by atoms with Gasteiger partial charge in [-0.2, -0.15) is 0 Å². The van der Waals surface area contributed by atoms with Crippen molar-refractivity contribution < 1.29 is 19.2 Å². The van der Waals surface area contributed by atoms with Crippen LogP contribution in [0, 0.1) is 0 Å². The summed E-state index contributed by atoms with van der Waals surface area (Å²) in [4.78, 5) is 39.4. The lowest BCUT2D eigenvalue weighted by Gasteiger charge is -2.15. The van der Waals surface area contributed by atoms with Gasteiger partial charge in [0.1, 0.15) is 0 Å². The average molecular weight is 259 g/mol. The predicted octanol–water partition coefficient (Wildman–Crippen LogP) is 2.10. The SMILES string of the molecule is C=C1CCC(=O)N1OC(=O)c1ccc(C(C)=O)cc1. The molecule has 1 aromatic carbocycles. The zero-order valence-electron chi connectivity index (χ0n) is 10.5. The van der Waals surface area contributed by atoms with Crippen molar-refractivity contribution in [2.24, 2.45) is 0 Å². The first kappa shape index (κ1) is 13.0. The number of hydrogen-bond acceptors (Lipinski definition) is 4. The molecule has 0 aliphatic carbocycles. The summed E-state index contributed by atoms with van der Waals surface area (Å²) < 4.78 is 0. The maximum absolute atomic E-state index is 11.8. The molecule has 0 saturated carbocycles. The Bertz CT molecular complexity index is 543. The van der Waals surface area contributed by atoms with Crippen LogP contribution in [-0.2, 0) is 9.63 Å². The monoisotopic (exact) mass is 259 g/mol. The maximum atomic E-state index is 11.8. The lowest BCUT2D eigenvalue weighted by Crippen LogP contribution is -2.26. The third kappa shape index (κ3) is 2.70. The lowest BCUT2D eigenvalue weighted by atomic mass is 10.1. The molecule has 98 valence electrons. The number of ketones is 1. The van der Waals surface area contributed by atoms with E-state index in [1.807, 2.05) is 0 Å². The van der Waals surface area contributed by atoms with E-state index < -0.39 is 5.97 Å². The van der Waals surface area contributed by atoms with Crippen molar-refractivity contribution >= 4 is 17.7 Å². The molecule has 5 heteroatoms. The van der Waals surface area contributed by atoms with Crippen molar-refractivity contribution in [1.29, 1.82) is 0 Å². The normalized spacial score (nSPS) is 14.7. The number of hydrogen-bond donors (Lipinski definition) is 0. The first-order valence-electron chi connectivity index (χ1n) is 5.83. The first-order valence-corrected chi connectivity index (χ1v) is 5.83. The summed E-state index contributed by atoms with van der Waals surface area (Å²) in [6.45, 7) is 5.10. The molecule has 0 atom stereocenters. The number of rotatable bonds is 3. The molecule has 19 heavy (non-hydrogen) atoms. The molecule has 1 saturated heterocycles.